The van der Waals surface area contributed by atoms with Crippen molar-refractivity contribution in [1.82, 2.24) is 4.90 Å². The van der Waals surface area contributed by atoms with Crippen molar-refractivity contribution in [2.45, 2.75) is 39.3 Å². The molecule has 0 saturated carbocycles. The molecule has 1 fully saturated rings. The molecule has 16 heavy (non-hydrogen) atoms. The molecule has 0 aliphatic carbocycles. The van der Waals surface area contributed by atoms with E-state index < -0.39 is 0 Å². The maximum Gasteiger partial charge on any atom is 0.122 e. The summed E-state index contributed by atoms with van der Waals surface area (Å²) in [5.74, 6) is 0.993. The smallest absolute Gasteiger partial charge is 0.122 e. The van der Waals surface area contributed by atoms with Crippen molar-refractivity contribution in [1.29, 1.82) is 0 Å². The summed E-state index contributed by atoms with van der Waals surface area (Å²) in [6.07, 6.45) is 2.96. The largest absolute Gasteiger partial charge is 0.468 e. The molecule has 1 aromatic heterocycles. The van der Waals surface area contributed by atoms with E-state index in [0.717, 1.165) is 18.8 Å². The van der Waals surface area contributed by atoms with E-state index in [4.69, 9.17) is 10.2 Å². The zero-order chi connectivity index (χ0) is 11.8. The lowest BCUT2D eigenvalue weighted by Gasteiger charge is -2.30. The Kier molecular flexibility index (Phi) is 3.08. The van der Waals surface area contributed by atoms with Crippen LogP contribution in [0.15, 0.2) is 22.8 Å². The van der Waals surface area contributed by atoms with Gasteiger partial charge in [-0.2, -0.15) is 0 Å². The SMILES string of the molecule is CC(N)C(c1ccco1)N1CCC(C)(C)C1. The summed E-state index contributed by atoms with van der Waals surface area (Å²) in [5.41, 5.74) is 6.50. The highest BCUT2D eigenvalue weighted by atomic mass is 16.3. The number of hydrogen-bond acceptors (Lipinski definition) is 3. The van der Waals surface area contributed by atoms with Gasteiger partial charge in [0.25, 0.3) is 0 Å². The summed E-state index contributed by atoms with van der Waals surface area (Å²) in [4.78, 5) is 2.45. The van der Waals surface area contributed by atoms with E-state index in [9.17, 15) is 0 Å². The van der Waals surface area contributed by atoms with Gasteiger partial charge in [0, 0.05) is 12.6 Å². The van der Waals surface area contributed by atoms with Crippen molar-refractivity contribution in [3.63, 3.8) is 0 Å². The van der Waals surface area contributed by atoms with E-state index >= 15 is 0 Å². The summed E-state index contributed by atoms with van der Waals surface area (Å²) in [6, 6.07) is 4.28. The van der Waals surface area contributed by atoms with Gasteiger partial charge in [-0.05, 0) is 37.4 Å². The summed E-state index contributed by atoms with van der Waals surface area (Å²) >= 11 is 0. The van der Waals surface area contributed by atoms with E-state index in [1.807, 2.05) is 12.1 Å². The molecule has 3 heteroatoms. The van der Waals surface area contributed by atoms with Gasteiger partial charge < -0.3 is 10.2 Å². The highest BCUT2D eigenvalue weighted by Gasteiger charge is 2.36. The molecule has 2 unspecified atom stereocenters. The first kappa shape index (κ1) is 11.7. The average molecular weight is 222 g/mol. The molecular formula is C13H22N2O. The van der Waals surface area contributed by atoms with E-state index in [-0.39, 0.29) is 12.1 Å². The molecule has 0 aromatic carbocycles. The van der Waals surface area contributed by atoms with Crippen molar-refractivity contribution in [2.24, 2.45) is 11.1 Å². The van der Waals surface area contributed by atoms with Crippen LogP contribution in [-0.4, -0.2) is 24.0 Å². The Morgan fingerprint density at radius 2 is 2.25 bits per heavy atom. The van der Waals surface area contributed by atoms with Crippen molar-refractivity contribution < 1.29 is 4.42 Å². The fourth-order valence-electron chi connectivity index (χ4n) is 2.62. The second kappa shape index (κ2) is 4.22. The van der Waals surface area contributed by atoms with Gasteiger partial charge >= 0.3 is 0 Å². The van der Waals surface area contributed by atoms with Gasteiger partial charge in [-0.15, -0.1) is 0 Å². The fourth-order valence-corrected chi connectivity index (χ4v) is 2.62. The number of rotatable bonds is 3. The molecule has 2 heterocycles. The van der Waals surface area contributed by atoms with Gasteiger partial charge in [-0.25, -0.2) is 0 Å². The molecule has 0 amide bonds. The Morgan fingerprint density at radius 3 is 2.69 bits per heavy atom. The zero-order valence-electron chi connectivity index (χ0n) is 10.4. The minimum absolute atomic E-state index is 0.0973. The highest BCUT2D eigenvalue weighted by Crippen LogP contribution is 2.35. The first-order valence-electron chi connectivity index (χ1n) is 6.03. The van der Waals surface area contributed by atoms with E-state index in [1.54, 1.807) is 6.26 Å². The Labute approximate surface area is 97.6 Å². The molecule has 0 spiro atoms. The van der Waals surface area contributed by atoms with Gasteiger partial charge in [-0.3, -0.25) is 4.90 Å². The molecule has 2 rings (SSSR count). The molecule has 0 bridgehead atoms. The maximum absolute atomic E-state index is 6.09. The van der Waals surface area contributed by atoms with Gasteiger partial charge in [0.1, 0.15) is 5.76 Å². The van der Waals surface area contributed by atoms with Crippen molar-refractivity contribution in [3.8, 4) is 0 Å². The summed E-state index contributed by atoms with van der Waals surface area (Å²) in [6.45, 7) is 8.89. The van der Waals surface area contributed by atoms with Crippen LogP contribution in [0.5, 0.6) is 0 Å². The molecule has 1 aromatic rings. The number of nitrogens with two attached hydrogens (primary N) is 1. The summed E-state index contributed by atoms with van der Waals surface area (Å²) in [5, 5.41) is 0. The third kappa shape index (κ3) is 2.30. The van der Waals surface area contributed by atoms with Crippen molar-refractivity contribution in [3.05, 3.63) is 24.2 Å². The fraction of sp³-hybridized carbons (Fsp3) is 0.692. The zero-order valence-corrected chi connectivity index (χ0v) is 10.4. The van der Waals surface area contributed by atoms with Gasteiger partial charge in [0.2, 0.25) is 0 Å². The Morgan fingerprint density at radius 1 is 1.50 bits per heavy atom. The topological polar surface area (TPSA) is 42.4 Å². The molecule has 1 aliphatic heterocycles. The second-order valence-electron chi connectivity index (χ2n) is 5.70. The molecule has 90 valence electrons. The van der Waals surface area contributed by atoms with Crippen LogP contribution in [0.4, 0.5) is 0 Å². The number of hydrogen-bond donors (Lipinski definition) is 1. The lowest BCUT2D eigenvalue weighted by molar-refractivity contribution is 0.173. The van der Waals surface area contributed by atoms with Crippen LogP contribution in [0.2, 0.25) is 0 Å². The van der Waals surface area contributed by atoms with Gasteiger partial charge in [0.15, 0.2) is 0 Å². The standard InChI is InChI=1S/C13H22N2O/c1-10(14)12(11-5-4-8-16-11)15-7-6-13(2,3)9-15/h4-5,8,10,12H,6-7,9,14H2,1-3H3. The van der Waals surface area contributed by atoms with Gasteiger partial charge in [-0.1, -0.05) is 13.8 Å². The van der Waals surface area contributed by atoms with Crippen molar-refractivity contribution in [2.75, 3.05) is 13.1 Å². The van der Waals surface area contributed by atoms with E-state index in [1.165, 1.54) is 6.42 Å². The van der Waals surface area contributed by atoms with Crippen LogP contribution < -0.4 is 5.73 Å². The monoisotopic (exact) mass is 222 g/mol. The summed E-state index contributed by atoms with van der Waals surface area (Å²) < 4.78 is 5.52. The van der Waals surface area contributed by atoms with E-state index in [2.05, 4.69) is 25.7 Å². The third-order valence-corrected chi connectivity index (χ3v) is 3.43. The minimum Gasteiger partial charge on any atom is -0.468 e. The van der Waals surface area contributed by atoms with Crippen LogP contribution in [0.3, 0.4) is 0 Å². The van der Waals surface area contributed by atoms with E-state index in [0.29, 0.717) is 5.41 Å². The molecule has 2 N–H and O–H groups in total. The normalized spacial score (nSPS) is 24.5. The minimum atomic E-state index is 0.0973. The van der Waals surface area contributed by atoms with Crippen LogP contribution in [0.25, 0.3) is 0 Å². The Hall–Kier alpha value is -0.800. The predicted molar refractivity (Wildman–Crippen MR) is 65.1 cm³/mol. The lowest BCUT2D eigenvalue weighted by Crippen LogP contribution is -2.38. The first-order chi connectivity index (χ1) is 7.49. The molecule has 1 saturated heterocycles. The quantitative estimate of drug-likeness (QED) is 0.854. The average Bonchev–Trinajstić information content (AvgIpc) is 2.76. The Bertz CT molecular complexity index is 330. The lowest BCUT2D eigenvalue weighted by atomic mass is 9.93. The third-order valence-electron chi connectivity index (χ3n) is 3.43. The van der Waals surface area contributed by atoms with Crippen LogP contribution >= 0.6 is 0 Å². The summed E-state index contributed by atoms with van der Waals surface area (Å²) in [7, 11) is 0. The molecule has 0 radical (unpaired) electrons. The first-order valence-corrected chi connectivity index (χ1v) is 6.03. The second-order valence-corrected chi connectivity index (χ2v) is 5.70. The molecular weight excluding hydrogens is 200 g/mol. The number of furan rings is 1. The Balaban J connectivity index is 2.16. The molecule has 3 nitrogen and oxygen atoms in total. The van der Waals surface area contributed by atoms with Crippen LogP contribution in [0, 0.1) is 5.41 Å². The van der Waals surface area contributed by atoms with Gasteiger partial charge in [0.05, 0.1) is 12.3 Å². The highest BCUT2D eigenvalue weighted by molar-refractivity contribution is 5.08. The molecule has 1 aliphatic rings. The van der Waals surface area contributed by atoms with Crippen LogP contribution in [-0.2, 0) is 0 Å². The van der Waals surface area contributed by atoms with Crippen molar-refractivity contribution >= 4 is 0 Å². The number of nitrogens with zero attached hydrogens (tertiary/aromatic N) is 1. The number of likely N-dealkylation sites (tertiary alicyclic amines) is 1. The predicted octanol–water partition coefficient (Wildman–Crippen LogP) is 2.40. The maximum atomic E-state index is 6.09. The van der Waals surface area contributed by atoms with Crippen LogP contribution in [0.1, 0.15) is 39.0 Å². The molecule has 2 atom stereocenters.